The van der Waals surface area contributed by atoms with Crippen molar-refractivity contribution >= 4 is 11.8 Å². The maximum Gasteiger partial charge on any atom is 0.226 e. The van der Waals surface area contributed by atoms with Crippen LogP contribution in [0.15, 0.2) is 0 Å². The predicted octanol–water partition coefficient (Wildman–Crippen LogP) is 0.618. The summed E-state index contributed by atoms with van der Waals surface area (Å²) in [5, 5.41) is 9.32. The zero-order valence-corrected chi connectivity index (χ0v) is 12.0. The summed E-state index contributed by atoms with van der Waals surface area (Å²) in [6, 6.07) is 0.0219. The molecular formula is C15H24N2O3. The lowest BCUT2D eigenvalue weighted by atomic mass is 9.94. The highest BCUT2D eigenvalue weighted by molar-refractivity contribution is 5.82. The Bertz CT molecular complexity index is 387. The van der Waals surface area contributed by atoms with Gasteiger partial charge in [0.15, 0.2) is 0 Å². The van der Waals surface area contributed by atoms with Crippen LogP contribution in [0.2, 0.25) is 0 Å². The minimum Gasteiger partial charge on any atom is -0.394 e. The lowest BCUT2D eigenvalue weighted by molar-refractivity contribution is -0.142. The van der Waals surface area contributed by atoms with Crippen molar-refractivity contribution in [1.82, 2.24) is 9.80 Å². The van der Waals surface area contributed by atoms with Gasteiger partial charge in [-0.2, -0.15) is 0 Å². The van der Waals surface area contributed by atoms with E-state index in [1.807, 2.05) is 9.80 Å². The molecule has 0 spiro atoms. The summed E-state index contributed by atoms with van der Waals surface area (Å²) in [5.41, 5.74) is 0. The van der Waals surface area contributed by atoms with Crippen molar-refractivity contribution < 1.29 is 14.7 Å². The molecule has 20 heavy (non-hydrogen) atoms. The minimum absolute atomic E-state index is 0.0219. The van der Waals surface area contributed by atoms with E-state index in [-0.39, 0.29) is 30.4 Å². The van der Waals surface area contributed by atoms with Crippen molar-refractivity contribution in [2.45, 2.75) is 44.6 Å². The van der Waals surface area contributed by atoms with Gasteiger partial charge in [0.25, 0.3) is 0 Å². The third-order valence-corrected chi connectivity index (χ3v) is 4.95. The molecule has 3 aliphatic rings. The van der Waals surface area contributed by atoms with Crippen LogP contribution in [0.3, 0.4) is 0 Å². The van der Waals surface area contributed by atoms with Gasteiger partial charge in [-0.3, -0.25) is 9.59 Å². The average molecular weight is 280 g/mol. The molecule has 2 heterocycles. The molecule has 2 saturated heterocycles. The van der Waals surface area contributed by atoms with Crippen LogP contribution in [0.1, 0.15) is 38.5 Å². The smallest absolute Gasteiger partial charge is 0.226 e. The highest BCUT2D eigenvalue weighted by Gasteiger charge is 2.38. The number of carbonyl (C=O) groups is 2. The van der Waals surface area contributed by atoms with Crippen LogP contribution in [-0.4, -0.2) is 59.0 Å². The molecule has 112 valence electrons. The van der Waals surface area contributed by atoms with Gasteiger partial charge in [-0.1, -0.05) is 0 Å². The highest BCUT2D eigenvalue weighted by Crippen LogP contribution is 2.33. The normalized spacial score (nSPS) is 27.9. The van der Waals surface area contributed by atoms with Gasteiger partial charge < -0.3 is 14.9 Å². The molecule has 1 aliphatic carbocycles. The monoisotopic (exact) mass is 280 g/mol. The molecule has 5 nitrogen and oxygen atoms in total. The number of aliphatic hydroxyl groups excluding tert-OH is 1. The number of piperidine rings is 1. The van der Waals surface area contributed by atoms with E-state index >= 15 is 0 Å². The van der Waals surface area contributed by atoms with Crippen LogP contribution < -0.4 is 0 Å². The Morgan fingerprint density at radius 3 is 2.15 bits per heavy atom. The zero-order chi connectivity index (χ0) is 14.1. The molecule has 0 aromatic rings. The van der Waals surface area contributed by atoms with Crippen LogP contribution >= 0.6 is 0 Å². The summed E-state index contributed by atoms with van der Waals surface area (Å²) in [4.78, 5) is 28.3. The van der Waals surface area contributed by atoms with Crippen LogP contribution in [0.5, 0.6) is 0 Å². The Balaban J connectivity index is 1.52. The minimum atomic E-state index is 0.0219. The second-order valence-corrected chi connectivity index (χ2v) is 6.38. The Kier molecular flexibility index (Phi) is 3.96. The number of hydrogen-bond acceptors (Lipinski definition) is 3. The molecule has 0 radical (unpaired) electrons. The van der Waals surface area contributed by atoms with E-state index in [9.17, 15) is 14.7 Å². The fourth-order valence-electron chi connectivity index (χ4n) is 3.49. The van der Waals surface area contributed by atoms with Gasteiger partial charge in [0.2, 0.25) is 11.8 Å². The molecule has 5 heteroatoms. The fraction of sp³-hybridized carbons (Fsp3) is 0.867. The summed E-state index contributed by atoms with van der Waals surface area (Å²) in [7, 11) is 0. The Labute approximate surface area is 119 Å². The van der Waals surface area contributed by atoms with Crippen molar-refractivity contribution in [3.8, 4) is 0 Å². The van der Waals surface area contributed by atoms with E-state index < -0.39 is 0 Å². The Morgan fingerprint density at radius 2 is 1.55 bits per heavy atom. The van der Waals surface area contributed by atoms with Crippen LogP contribution in [-0.2, 0) is 9.59 Å². The molecule has 1 N–H and O–H groups in total. The number of likely N-dealkylation sites (tertiary alicyclic amines) is 2. The number of rotatable bonds is 3. The third-order valence-electron chi connectivity index (χ3n) is 4.95. The second-order valence-electron chi connectivity index (χ2n) is 6.38. The molecule has 3 rings (SSSR count). The summed E-state index contributed by atoms with van der Waals surface area (Å²) in [6.07, 6.45) is 5.57. The molecule has 1 saturated carbocycles. The quantitative estimate of drug-likeness (QED) is 0.824. The van der Waals surface area contributed by atoms with E-state index in [1.165, 1.54) is 0 Å². The molecular weight excluding hydrogens is 256 g/mol. The highest BCUT2D eigenvalue weighted by atomic mass is 16.3. The van der Waals surface area contributed by atoms with Crippen molar-refractivity contribution in [2.75, 3.05) is 26.2 Å². The lowest BCUT2D eigenvalue weighted by Crippen LogP contribution is -2.46. The van der Waals surface area contributed by atoms with E-state index in [0.717, 1.165) is 58.2 Å². The van der Waals surface area contributed by atoms with Gasteiger partial charge in [0.1, 0.15) is 0 Å². The van der Waals surface area contributed by atoms with E-state index in [1.54, 1.807) is 0 Å². The molecule has 0 unspecified atom stereocenters. The first-order valence-corrected chi connectivity index (χ1v) is 7.91. The molecule has 0 aromatic heterocycles. The molecule has 3 fully saturated rings. The van der Waals surface area contributed by atoms with Crippen molar-refractivity contribution in [2.24, 2.45) is 11.8 Å². The summed E-state index contributed by atoms with van der Waals surface area (Å²) in [5.74, 6) is 0.815. The first-order valence-electron chi connectivity index (χ1n) is 7.91. The van der Waals surface area contributed by atoms with Crippen LogP contribution in [0, 0.1) is 11.8 Å². The lowest BCUT2D eigenvalue weighted by Gasteiger charge is -2.34. The Morgan fingerprint density at radius 1 is 0.900 bits per heavy atom. The number of carbonyl (C=O) groups excluding carboxylic acids is 2. The van der Waals surface area contributed by atoms with E-state index in [4.69, 9.17) is 0 Å². The Hall–Kier alpha value is -1.10. The van der Waals surface area contributed by atoms with Crippen LogP contribution in [0.4, 0.5) is 0 Å². The fourth-order valence-corrected chi connectivity index (χ4v) is 3.49. The first kappa shape index (κ1) is 13.9. The van der Waals surface area contributed by atoms with Crippen molar-refractivity contribution in [1.29, 1.82) is 0 Å². The van der Waals surface area contributed by atoms with E-state index in [2.05, 4.69) is 0 Å². The SMILES string of the molecule is O=C(C1CC1)N1CCC(C(=O)N2CCC[C@H]2CO)CC1. The van der Waals surface area contributed by atoms with Gasteiger partial charge in [0.05, 0.1) is 12.6 Å². The number of aliphatic hydroxyl groups is 1. The topological polar surface area (TPSA) is 60.9 Å². The summed E-state index contributed by atoms with van der Waals surface area (Å²) in [6.45, 7) is 2.31. The van der Waals surface area contributed by atoms with Gasteiger partial charge in [0, 0.05) is 31.5 Å². The number of amides is 2. The standard InChI is InChI=1S/C15H24N2O3/c18-10-13-2-1-7-17(13)15(20)12-5-8-16(9-6-12)14(19)11-3-4-11/h11-13,18H,1-10H2/t13-/m0/s1. The maximum atomic E-state index is 12.5. The maximum absolute atomic E-state index is 12.5. The van der Waals surface area contributed by atoms with Gasteiger partial charge in [-0.15, -0.1) is 0 Å². The van der Waals surface area contributed by atoms with Gasteiger partial charge in [-0.05, 0) is 38.5 Å². The van der Waals surface area contributed by atoms with Gasteiger partial charge >= 0.3 is 0 Å². The zero-order valence-electron chi connectivity index (χ0n) is 12.0. The van der Waals surface area contributed by atoms with Crippen molar-refractivity contribution in [3.05, 3.63) is 0 Å². The number of hydrogen-bond donors (Lipinski definition) is 1. The average Bonchev–Trinajstić information content (AvgIpc) is 3.23. The third kappa shape index (κ3) is 2.68. The van der Waals surface area contributed by atoms with E-state index in [0.29, 0.717) is 5.91 Å². The van der Waals surface area contributed by atoms with Crippen molar-refractivity contribution in [3.63, 3.8) is 0 Å². The number of nitrogens with zero attached hydrogens (tertiary/aromatic N) is 2. The van der Waals surface area contributed by atoms with Gasteiger partial charge in [-0.25, -0.2) is 0 Å². The molecule has 0 aromatic carbocycles. The largest absolute Gasteiger partial charge is 0.394 e. The van der Waals surface area contributed by atoms with Crippen LogP contribution in [0.25, 0.3) is 0 Å². The molecule has 2 amide bonds. The summed E-state index contributed by atoms with van der Waals surface area (Å²) >= 11 is 0. The summed E-state index contributed by atoms with van der Waals surface area (Å²) < 4.78 is 0. The predicted molar refractivity (Wildman–Crippen MR) is 73.8 cm³/mol. The second kappa shape index (κ2) is 5.72. The molecule has 0 bridgehead atoms. The molecule has 1 atom stereocenters. The molecule has 2 aliphatic heterocycles. The first-order chi connectivity index (χ1) is 9.70.